The summed E-state index contributed by atoms with van der Waals surface area (Å²) in [6, 6.07) is 3.66. The lowest BCUT2D eigenvalue weighted by atomic mass is 9.93. The van der Waals surface area contributed by atoms with Crippen molar-refractivity contribution < 1.29 is 4.74 Å². The van der Waals surface area contributed by atoms with E-state index < -0.39 is 0 Å². The number of aliphatic imine (C=N–C) groups is 1. The minimum absolute atomic E-state index is 0.139. The quantitative estimate of drug-likeness (QED) is 0.898. The summed E-state index contributed by atoms with van der Waals surface area (Å²) in [5.41, 5.74) is 2.28. The van der Waals surface area contributed by atoms with E-state index in [9.17, 15) is 0 Å². The maximum Gasteiger partial charge on any atom is 0.152 e. The predicted molar refractivity (Wildman–Crippen MR) is 94.6 cm³/mol. The highest BCUT2D eigenvalue weighted by molar-refractivity contribution is 6.30. The van der Waals surface area contributed by atoms with Crippen molar-refractivity contribution in [2.24, 2.45) is 10.9 Å². The Morgan fingerprint density at radius 3 is 3.00 bits per heavy atom. The van der Waals surface area contributed by atoms with Gasteiger partial charge < -0.3 is 10.1 Å². The molecule has 2 heterocycles. The topological polar surface area (TPSA) is 46.5 Å². The zero-order valence-electron chi connectivity index (χ0n) is 13.3. The molecule has 0 bridgehead atoms. The fourth-order valence-electron chi connectivity index (χ4n) is 2.79. The number of hydrogen-bond acceptors (Lipinski definition) is 4. The lowest BCUT2D eigenvalue weighted by Gasteiger charge is -2.26. The van der Waals surface area contributed by atoms with Crippen LogP contribution in [0.15, 0.2) is 47.1 Å². The number of aromatic nitrogens is 1. The van der Waals surface area contributed by atoms with Gasteiger partial charge in [0, 0.05) is 25.0 Å². The van der Waals surface area contributed by atoms with E-state index >= 15 is 0 Å². The molecule has 2 unspecified atom stereocenters. The Morgan fingerprint density at radius 1 is 1.35 bits per heavy atom. The van der Waals surface area contributed by atoms with Crippen molar-refractivity contribution >= 4 is 23.1 Å². The van der Waals surface area contributed by atoms with Crippen LogP contribution in [-0.4, -0.2) is 36.5 Å². The zero-order valence-corrected chi connectivity index (χ0v) is 14.1. The summed E-state index contributed by atoms with van der Waals surface area (Å²) >= 11 is 5.88. The van der Waals surface area contributed by atoms with E-state index in [0.29, 0.717) is 16.8 Å². The smallest absolute Gasteiger partial charge is 0.152 e. The Balaban J connectivity index is 1.80. The summed E-state index contributed by atoms with van der Waals surface area (Å²) in [5.74, 6) is 1.24. The minimum atomic E-state index is 0.139. The third-order valence-corrected chi connectivity index (χ3v) is 4.27. The Morgan fingerprint density at radius 2 is 2.26 bits per heavy atom. The molecule has 1 aliphatic carbocycles. The Hall–Kier alpha value is -1.49. The van der Waals surface area contributed by atoms with Gasteiger partial charge in [0.2, 0.25) is 0 Å². The molecule has 0 amide bonds. The Kier molecular flexibility index (Phi) is 5.60. The maximum atomic E-state index is 5.88. The summed E-state index contributed by atoms with van der Waals surface area (Å²) in [6.07, 6.45) is 10.3. The first-order valence-corrected chi connectivity index (χ1v) is 8.48. The number of halogens is 1. The highest BCUT2D eigenvalue weighted by Gasteiger charge is 2.18. The van der Waals surface area contributed by atoms with Gasteiger partial charge in [0.15, 0.2) is 5.82 Å². The standard InChI is InChI=1S/C18H22ClN3O/c1-13-2-3-14(17-12-20-8-9-23-17)4-6-16(10-13)22-18-7-5-15(19)11-21-18/h3-7,11,13,17,20H,2,8-10,12H2,1H3/b6-4-,14-3?,22-16?. The van der Waals surface area contributed by atoms with Crippen LogP contribution in [0.4, 0.5) is 5.82 Å². The number of allylic oxidation sites excluding steroid dienone is 2. The molecule has 0 spiro atoms. The lowest BCUT2D eigenvalue weighted by Crippen LogP contribution is -2.39. The molecule has 1 saturated heterocycles. The summed E-state index contributed by atoms with van der Waals surface area (Å²) in [4.78, 5) is 8.92. The number of hydrogen-bond donors (Lipinski definition) is 1. The van der Waals surface area contributed by atoms with E-state index in [4.69, 9.17) is 16.3 Å². The number of ether oxygens (including phenoxy) is 1. The number of nitrogens with zero attached hydrogens (tertiary/aromatic N) is 2. The second-order valence-corrected chi connectivity index (χ2v) is 6.52. The van der Waals surface area contributed by atoms with Crippen LogP contribution in [0.1, 0.15) is 19.8 Å². The first kappa shape index (κ1) is 16.4. The molecule has 2 aliphatic rings. The second kappa shape index (κ2) is 7.86. The van der Waals surface area contributed by atoms with Crippen molar-refractivity contribution in [3.8, 4) is 0 Å². The summed E-state index contributed by atoms with van der Waals surface area (Å²) in [7, 11) is 0. The highest BCUT2D eigenvalue weighted by atomic mass is 35.5. The molecular weight excluding hydrogens is 310 g/mol. The number of pyridine rings is 1. The van der Waals surface area contributed by atoms with E-state index in [1.807, 2.05) is 12.1 Å². The normalized spacial score (nSPS) is 28.8. The second-order valence-electron chi connectivity index (χ2n) is 6.08. The molecule has 5 heteroatoms. The molecule has 4 nitrogen and oxygen atoms in total. The van der Waals surface area contributed by atoms with Crippen LogP contribution < -0.4 is 5.32 Å². The summed E-state index contributed by atoms with van der Waals surface area (Å²) in [5, 5.41) is 4.01. The van der Waals surface area contributed by atoms with Crippen LogP contribution in [0.3, 0.4) is 0 Å². The number of morpholine rings is 1. The predicted octanol–water partition coefficient (Wildman–Crippen LogP) is 3.71. The average Bonchev–Trinajstić information content (AvgIpc) is 2.55. The van der Waals surface area contributed by atoms with E-state index in [-0.39, 0.29) is 6.10 Å². The number of rotatable bonds is 2. The SMILES string of the molecule is CC1CC=C(C2CNCCO2)/C=C\C(=Nc2ccc(Cl)cn2)C1. The molecule has 0 radical (unpaired) electrons. The van der Waals surface area contributed by atoms with E-state index in [0.717, 1.165) is 38.2 Å². The first-order valence-electron chi connectivity index (χ1n) is 8.10. The van der Waals surface area contributed by atoms with E-state index in [1.165, 1.54) is 5.57 Å². The van der Waals surface area contributed by atoms with Crippen molar-refractivity contribution in [2.75, 3.05) is 19.7 Å². The van der Waals surface area contributed by atoms with Crippen molar-refractivity contribution in [3.63, 3.8) is 0 Å². The third kappa shape index (κ3) is 4.74. The van der Waals surface area contributed by atoms with Gasteiger partial charge in [-0.1, -0.05) is 30.7 Å². The lowest BCUT2D eigenvalue weighted by molar-refractivity contribution is 0.0537. The van der Waals surface area contributed by atoms with Crippen LogP contribution in [0.25, 0.3) is 0 Å². The van der Waals surface area contributed by atoms with Crippen LogP contribution in [0, 0.1) is 5.92 Å². The van der Waals surface area contributed by atoms with Gasteiger partial charge in [0.25, 0.3) is 0 Å². The Bertz CT molecular complexity index is 616. The molecule has 1 aromatic rings. The molecule has 0 saturated carbocycles. The van der Waals surface area contributed by atoms with E-state index in [1.54, 1.807) is 6.20 Å². The molecule has 0 aromatic carbocycles. The van der Waals surface area contributed by atoms with Crippen molar-refractivity contribution in [1.29, 1.82) is 0 Å². The van der Waals surface area contributed by atoms with Gasteiger partial charge in [-0.3, -0.25) is 0 Å². The van der Waals surface area contributed by atoms with Crippen LogP contribution in [0.5, 0.6) is 0 Å². The van der Waals surface area contributed by atoms with Gasteiger partial charge in [-0.05, 0) is 42.5 Å². The minimum Gasteiger partial charge on any atom is -0.371 e. The van der Waals surface area contributed by atoms with Gasteiger partial charge in [-0.2, -0.15) is 0 Å². The van der Waals surface area contributed by atoms with Crippen molar-refractivity contribution in [2.45, 2.75) is 25.9 Å². The highest BCUT2D eigenvalue weighted by Crippen LogP contribution is 2.21. The largest absolute Gasteiger partial charge is 0.371 e. The van der Waals surface area contributed by atoms with Crippen molar-refractivity contribution in [3.05, 3.63) is 47.2 Å². The van der Waals surface area contributed by atoms with Crippen molar-refractivity contribution in [1.82, 2.24) is 10.3 Å². The van der Waals surface area contributed by atoms with Crippen LogP contribution in [0.2, 0.25) is 5.02 Å². The monoisotopic (exact) mass is 331 g/mol. The molecule has 122 valence electrons. The van der Waals surface area contributed by atoms with Gasteiger partial charge in [0.1, 0.15) is 0 Å². The third-order valence-electron chi connectivity index (χ3n) is 4.05. The summed E-state index contributed by atoms with van der Waals surface area (Å²) < 4.78 is 5.87. The van der Waals surface area contributed by atoms with Gasteiger partial charge >= 0.3 is 0 Å². The molecule has 1 N–H and O–H groups in total. The van der Waals surface area contributed by atoms with Gasteiger partial charge in [-0.25, -0.2) is 9.98 Å². The molecule has 1 fully saturated rings. The average molecular weight is 332 g/mol. The fourth-order valence-corrected chi connectivity index (χ4v) is 2.90. The van der Waals surface area contributed by atoms with Crippen LogP contribution >= 0.6 is 11.6 Å². The molecule has 23 heavy (non-hydrogen) atoms. The maximum absolute atomic E-state index is 5.88. The molecule has 1 aromatic heterocycles. The fraction of sp³-hybridized carbons (Fsp3) is 0.444. The molecular formula is C18H22ClN3O. The molecule has 3 rings (SSSR count). The van der Waals surface area contributed by atoms with Gasteiger partial charge in [0.05, 0.1) is 17.7 Å². The first-order chi connectivity index (χ1) is 11.2. The molecule has 1 aliphatic heterocycles. The van der Waals surface area contributed by atoms with Crippen LogP contribution in [-0.2, 0) is 4.74 Å². The summed E-state index contributed by atoms with van der Waals surface area (Å²) in [6.45, 7) is 4.81. The number of nitrogens with one attached hydrogen (secondary N) is 1. The Labute approximate surface area is 142 Å². The molecule has 2 atom stereocenters. The van der Waals surface area contributed by atoms with Gasteiger partial charge in [-0.15, -0.1) is 0 Å². The van der Waals surface area contributed by atoms with E-state index in [2.05, 4.69) is 40.4 Å². The zero-order chi connectivity index (χ0) is 16.1.